The van der Waals surface area contributed by atoms with Gasteiger partial charge >= 0.3 is 0 Å². The number of carbonyl (C=O) groups excluding carboxylic acids is 2. The van der Waals surface area contributed by atoms with E-state index in [9.17, 15) is 9.59 Å². The SMILES string of the molecule is CCSCC(=O)N[C@@H]1CCSC1=O. The van der Waals surface area contributed by atoms with Crippen LogP contribution in [0.4, 0.5) is 0 Å². The van der Waals surface area contributed by atoms with Crippen LogP contribution in [-0.2, 0) is 9.59 Å². The Kier molecular flexibility index (Phi) is 4.66. The van der Waals surface area contributed by atoms with Gasteiger partial charge in [-0.1, -0.05) is 18.7 Å². The van der Waals surface area contributed by atoms with Crippen LogP contribution in [-0.4, -0.2) is 34.3 Å². The van der Waals surface area contributed by atoms with Crippen molar-refractivity contribution < 1.29 is 9.59 Å². The van der Waals surface area contributed by atoms with E-state index in [-0.39, 0.29) is 17.1 Å². The Morgan fingerprint density at radius 1 is 1.77 bits per heavy atom. The summed E-state index contributed by atoms with van der Waals surface area (Å²) >= 11 is 2.88. The lowest BCUT2D eigenvalue weighted by molar-refractivity contribution is -0.122. The normalized spacial score (nSPS) is 21.9. The van der Waals surface area contributed by atoms with Crippen LogP contribution in [0.15, 0.2) is 0 Å². The molecule has 1 aliphatic rings. The number of hydrogen-bond acceptors (Lipinski definition) is 4. The zero-order valence-electron chi connectivity index (χ0n) is 7.54. The molecule has 1 atom stereocenters. The zero-order valence-corrected chi connectivity index (χ0v) is 9.17. The predicted octanol–water partition coefficient (Wildman–Crippen LogP) is 0.888. The first kappa shape index (κ1) is 10.9. The second-order valence-corrected chi connectivity index (χ2v) is 5.09. The van der Waals surface area contributed by atoms with E-state index in [4.69, 9.17) is 0 Å². The molecule has 0 bridgehead atoms. The lowest BCUT2D eigenvalue weighted by atomic mass is 10.2. The van der Waals surface area contributed by atoms with E-state index in [1.807, 2.05) is 6.92 Å². The van der Waals surface area contributed by atoms with Gasteiger partial charge < -0.3 is 5.32 Å². The molecule has 0 aliphatic carbocycles. The maximum Gasteiger partial charge on any atom is 0.230 e. The molecule has 0 aromatic carbocycles. The van der Waals surface area contributed by atoms with Gasteiger partial charge in [-0.25, -0.2) is 0 Å². The minimum atomic E-state index is -0.227. The summed E-state index contributed by atoms with van der Waals surface area (Å²) in [7, 11) is 0. The van der Waals surface area contributed by atoms with Crippen LogP contribution < -0.4 is 5.32 Å². The first-order chi connectivity index (χ1) is 6.24. The number of nitrogens with one attached hydrogen (secondary N) is 1. The Balaban J connectivity index is 2.23. The van der Waals surface area contributed by atoms with Gasteiger partial charge in [-0.05, 0) is 12.2 Å². The van der Waals surface area contributed by atoms with Gasteiger partial charge in [0.05, 0.1) is 11.8 Å². The summed E-state index contributed by atoms with van der Waals surface area (Å²) in [5, 5.41) is 2.84. The molecule has 5 heteroatoms. The third-order valence-electron chi connectivity index (χ3n) is 1.71. The van der Waals surface area contributed by atoms with Gasteiger partial charge in [-0.3, -0.25) is 9.59 Å². The summed E-state index contributed by atoms with van der Waals surface area (Å²) in [5.74, 6) is 2.21. The molecule has 3 nitrogen and oxygen atoms in total. The van der Waals surface area contributed by atoms with E-state index in [1.54, 1.807) is 11.8 Å². The van der Waals surface area contributed by atoms with Crippen LogP contribution in [0.5, 0.6) is 0 Å². The first-order valence-corrected chi connectivity index (χ1v) is 6.41. The standard InChI is InChI=1S/C8H13NO2S2/c1-2-12-5-7(10)9-6-3-4-13-8(6)11/h6H,2-5H2,1H3,(H,9,10)/t6-/m1/s1. The van der Waals surface area contributed by atoms with E-state index < -0.39 is 0 Å². The molecule has 1 aliphatic heterocycles. The molecule has 0 aromatic heterocycles. The van der Waals surface area contributed by atoms with Crippen molar-refractivity contribution in [3.63, 3.8) is 0 Å². The van der Waals surface area contributed by atoms with Crippen molar-refractivity contribution in [3.8, 4) is 0 Å². The van der Waals surface area contributed by atoms with Crippen molar-refractivity contribution >= 4 is 34.5 Å². The zero-order chi connectivity index (χ0) is 9.68. The minimum absolute atomic E-state index is 0.0206. The van der Waals surface area contributed by atoms with E-state index in [1.165, 1.54) is 11.8 Å². The lowest BCUT2D eigenvalue weighted by Gasteiger charge is -2.08. The van der Waals surface area contributed by atoms with Gasteiger partial charge in [0.15, 0.2) is 0 Å². The smallest absolute Gasteiger partial charge is 0.230 e. The van der Waals surface area contributed by atoms with Gasteiger partial charge in [-0.15, -0.1) is 0 Å². The minimum Gasteiger partial charge on any atom is -0.345 e. The Morgan fingerprint density at radius 3 is 3.08 bits per heavy atom. The van der Waals surface area contributed by atoms with E-state index in [0.29, 0.717) is 5.75 Å². The molecule has 1 rings (SSSR count). The van der Waals surface area contributed by atoms with Gasteiger partial charge in [0, 0.05) is 5.75 Å². The van der Waals surface area contributed by atoms with E-state index >= 15 is 0 Å². The summed E-state index contributed by atoms with van der Waals surface area (Å²) in [6, 6.07) is -0.227. The van der Waals surface area contributed by atoms with E-state index in [0.717, 1.165) is 17.9 Å². The Hall–Kier alpha value is -0.160. The van der Waals surface area contributed by atoms with Gasteiger partial charge in [0.1, 0.15) is 0 Å². The van der Waals surface area contributed by atoms with Gasteiger partial charge in [0.25, 0.3) is 0 Å². The fourth-order valence-electron chi connectivity index (χ4n) is 1.06. The van der Waals surface area contributed by atoms with Crippen molar-refractivity contribution in [3.05, 3.63) is 0 Å². The number of thioether (sulfide) groups is 2. The highest BCUT2D eigenvalue weighted by atomic mass is 32.2. The summed E-state index contributed by atoms with van der Waals surface area (Å²) in [4.78, 5) is 22.3. The second kappa shape index (κ2) is 5.54. The fraction of sp³-hybridized carbons (Fsp3) is 0.750. The summed E-state index contributed by atoms with van der Waals surface area (Å²) in [6.45, 7) is 2.01. The molecule has 0 unspecified atom stereocenters. The molecule has 74 valence electrons. The second-order valence-electron chi connectivity index (χ2n) is 2.71. The first-order valence-electron chi connectivity index (χ1n) is 4.27. The molecule has 1 N–H and O–H groups in total. The number of amides is 1. The Morgan fingerprint density at radius 2 is 2.54 bits per heavy atom. The molecule has 1 saturated heterocycles. The van der Waals surface area contributed by atoms with Crippen molar-refractivity contribution in [2.75, 3.05) is 17.3 Å². The van der Waals surface area contributed by atoms with Crippen LogP contribution in [0.2, 0.25) is 0 Å². The number of carbonyl (C=O) groups is 2. The lowest BCUT2D eigenvalue weighted by Crippen LogP contribution is -2.38. The number of rotatable bonds is 4. The molecular formula is C8H13NO2S2. The molecular weight excluding hydrogens is 206 g/mol. The maximum atomic E-state index is 11.2. The van der Waals surface area contributed by atoms with Crippen LogP contribution in [0, 0.1) is 0 Å². The molecule has 0 radical (unpaired) electrons. The molecule has 0 saturated carbocycles. The van der Waals surface area contributed by atoms with Crippen LogP contribution >= 0.6 is 23.5 Å². The van der Waals surface area contributed by atoms with Crippen LogP contribution in [0.3, 0.4) is 0 Å². The summed E-state index contributed by atoms with van der Waals surface area (Å²) < 4.78 is 0. The molecule has 1 amide bonds. The maximum absolute atomic E-state index is 11.2. The van der Waals surface area contributed by atoms with E-state index in [2.05, 4.69) is 5.32 Å². The van der Waals surface area contributed by atoms with Gasteiger partial charge in [-0.2, -0.15) is 11.8 Å². The third kappa shape index (κ3) is 3.60. The van der Waals surface area contributed by atoms with Crippen molar-refractivity contribution in [2.24, 2.45) is 0 Å². The summed E-state index contributed by atoms with van der Waals surface area (Å²) in [5.41, 5.74) is 0. The van der Waals surface area contributed by atoms with Crippen molar-refractivity contribution in [1.82, 2.24) is 5.32 Å². The van der Waals surface area contributed by atoms with Crippen molar-refractivity contribution in [2.45, 2.75) is 19.4 Å². The average Bonchev–Trinajstić information content (AvgIpc) is 2.48. The highest BCUT2D eigenvalue weighted by Crippen LogP contribution is 2.19. The topological polar surface area (TPSA) is 46.2 Å². The third-order valence-corrected chi connectivity index (χ3v) is 3.59. The Bertz CT molecular complexity index is 208. The molecule has 13 heavy (non-hydrogen) atoms. The monoisotopic (exact) mass is 219 g/mol. The van der Waals surface area contributed by atoms with Crippen LogP contribution in [0.25, 0.3) is 0 Å². The molecule has 0 aromatic rings. The van der Waals surface area contributed by atoms with Gasteiger partial charge in [0.2, 0.25) is 11.0 Å². The molecule has 0 spiro atoms. The predicted molar refractivity (Wildman–Crippen MR) is 57.0 cm³/mol. The largest absolute Gasteiger partial charge is 0.345 e. The summed E-state index contributed by atoms with van der Waals surface area (Å²) in [6.07, 6.45) is 0.784. The average molecular weight is 219 g/mol. The quantitative estimate of drug-likeness (QED) is 0.762. The molecule has 1 heterocycles. The Labute approximate surface area is 86.4 Å². The number of hydrogen-bond donors (Lipinski definition) is 1. The van der Waals surface area contributed by atoms with Crippen molar-refractivity contribution in [1.29, 1.82) is 0 Å². The highest BCUT2D eigenvalue weighted by Gasteiger charge is 2.26. The molecule has 1 fully saturated rings. The fourth-order valence-corrected chi connectivity index (χ4v) is 2.46. The highest BCUT2D eigenvalue weighted by molar-refractivity contribution is 8.14. The van der Waals surface area contributed by atoms with Crippen LogP contribution in [0.1, 0.15) is 13.3 Å².